The highest BCUT2D eigenvalue weighted by atomic mass is 35.5. The molecule has 0 amide bonds. The van der Waals surface area contributed by atoms with Crippen molar-refractivity contribution in [2.45, 2.75) is 6.36 Å². The van der Waals surface area contributed by atoms with Crippen LogP contribution in [0.4, 0.5) is 18.9 Å². The molecule has 0 fully saturated rings. The van der Waals surface area contributed by atoms with E-state index < -0.39 is 28.7 Å². The number of methoxy groups -OCH3 is 1. The van der Waals surface area contributed by atoms with Crippen molar-refractivity contribution in [2.75, 3.05) is 12.8 Å². The number of nitrogens with two attached hydrogens (primary N) is 1. The third-order valence-corrected chi connectivity index (χ3v) is 2.05. The fourth-order valence-corrected chi connectivity index (χ4v) is 1.30. The minimum absolute atomic E-state index is 0.222. The van der Waals surface area contributed by atoms with Crippen molar-refractivity contribution in [2.24, 2.45) is 0 Å². The highest BCUT2D eigenvalue weighted by Gasteiger charge is 2.35. The summed E-state index contributed by atoms with van der Waals surface area (Å²) < 4.78 is 44.3. The van der Waals surface area contributed by atoms with Crippen molar-refractivity contribution in [3.05, 3.63) is 22.7 Å². The van der Waals surface area contributed by atoms with Gasteiger partial charge in [-0.05, 0) is 12.1 Å². The quantitative estimate of drug-likeness (QED) is 0.662. The summed E-state index contributed by atoms with van der Waals surface area (Å²) >= 11 is 5.52. The lowest BCUT2D eigenvalue weighted by Crippen LogP contribution is -2.20. The standard InChI is InChI=1S/C9H7ClF3NO3/c1-16-8(15)6-5(14)3-2-4(10)7(6)17-9(11,12)13/h2-3H,14H2,1H3. The van der Waals surface area contributed by atoms with Crippen molar-refractivity contribution in [3.8, 4) is 5.75 Å². The van der Waals surface area contributed by atoms with Crippen LogP contribution in [0.2, 0.25) is 5.02 Å². The molecular formula is C9H7ClF3NO3. The van der Waals surface area contributed by atoms with Crippen LogP contribution in [0.3, 0.4) is 0 Å². The van der Waals surface area contributed by atoms with E-state index in [1.165, 1.54) is 6.07 Å². The van der Waals surface area contributed by atoms with E-state index in [4.69, 9.17) is 17.3 Å². The molecule has 1 rings (SSSR count). The number of benzene rings is 1. The molecule has 94 valence electrons. The maximum atomic E-state index is 12.1. The van der Waals surface area contributed by atoms with Crippen molar-refractivity contribution >= 4 is 23.3 Å². The van der Waals surface area contributed by atoms with Gasteiger partial charge in [0.05, 0.1) is 17.8 Å². The summed E-state index contributed by atoms with van der Waals surface area (Å²) in [5, 5.41) is -0.392. The first-order valence-electron chi connectivity index (χ1n) is 4.18. The second-order valence-corrected chi connectivity index (χ2v) is 3.29. The molecule has 0 bridgehead atoms. The van der Waals surface area contributed by atoms with Crippen LogP contribution in [-0.4, -0.2) is 19.4 Å². The number of carbonyl (C=O) groups excluding carboxylic acids is 1. The Bertz CT molecular complexity index is 448. The number of halogens is 4. The van der Waals surface area contributed by atoms with E-state index >= 15 is 0 Å². The van der Waals surface area contributed by atoms with Crippen molar-refractivity contribution in [1.82, 2.24) is 0 Å². The van der Waals surface area contributed by atoms with Crippen LogP contribution < -0.4 is 10.5 Å². The summed E-state index contributed by atoms with van der Waals surface area (Å²) in [6.45, 7) is 0. The van der Waals surface area contributed by atoms with Gasteiger partial charge in [0.25, 0.3) is 0 Å². The normalized spacial score (nSPS) is 11.1. The first kappa shape index (κ1) is 13.4. The summed E-state index contributed by atoms with van der Waals surface area (Å²) in [6.07, 6.45) is -4.99. The molecule has 0 heterocycles. The number of nitrogen functional groups attached to an aromatic ring is 1. The second kappa shape index (κ2) is 4.70. The molecule has 0 radical (unpaired) electrons. The first-order chi connectivity index (χ1) is 7.76. The minimum Gasteiger partial charge on any atom is -0.465 e. The predicted octanol–water partition coefficient (Wildman–Crippen LogP) is 2.61. The molecule has 0 atom stereocenters. The van der Waals surface area contributed by atoms with Crippen molar-refractivity contribution in [3.63, 3.8) is 0 Å². The minimum atomic E-state index is -4.99. The summed E-state index contributed by atoms with van der Waals surface area (Å²) in [4.78, 5) is 11.3. The molecule has 0 aliphatic carbocycles. The Morgan fingerprint density at radius 1 is 1.41 bits per heavy atom. The average molecular weight is 270 g/mol. The van der Waals surface area contributed by atoms with Gasteiger partial charge in [0, 0.05) is 0 Å². The molecule has 2 N–H and O–H groups in total. The molecule has 0 aliphatic heterocycles. The zero-order valence-corrected chi connectivity index (χ0v) is 9.22. The van der Waals surface area contributed by atoms with Crippen molar-refractivity contribution in [1.29, 1.82) is 0 Å². The molecule has 8 heteroatoms. The Morgan fingerprint density at radius 3 is 2.47 bits per heavy atom. The number of hydrogen-bond donors (Lipinski definition) is 1. The SMILES string of the molecule is COC(=O)c1c(N)ccc(Cl)c1OC(F)(F)F. The van der Waals surface area contributed by atoms with Crippen LogP contribution in [0.25, 0.3) is 0 Å². The van der Waals surface area contributed by atoms with Gasteiger partial charge in [0.1, 0.15) is 5.56 Å². The average Bonchev–Trinajstić information content (AvgIpc) is 2.21. The van der Waals surface area contributed by atoms with Crippen LogP contribution in [0.15, 0.2) is 12.1 Å². The predicted molar refractivity (Wildman–Crippen MR) is 53.9 cm³/mol. The molecule has 1 aromatic rings. The van der Waals surface area contributed by atoms with Crippen LogP contribution in [0.1, 0.15) is 10.4 Å². The van der Waals surface area contributed by atoms with Gasteiger partial charge < -0.3 is 15.2 Å². The molecular weight excluding hydrogens is 263 g/mol. The maximum absolute atomic E-state index is 12.1. The number of rotatable bonds is 2. The monoisotopic (exact) mass is 269 g/mol. The van der Waals surface area contributed by atoms with Gasteiger partial charge in [-0.25, -0.2) is 4.79 Å². The third-order valence-electron chi connectivity index (χ3n) is 1.75. The highest BCUT2D eigenvalue weighted by molar-refractivity contribution is 6.33. The molecule has 0 saturated carbocycles. The first-order valence-corrected chi connectivity index (χ1v) is 4.56. The fourth-order valence-electron chi connectivity index (χ4n) is 1.10. The molecule has 4 nitrogen and oxygen atoms in total. The lowest BCUT2D eigenvalue weighted by Gasteiger charge is -2.14. The Kier molecular flexibility index (Phi) is 3.72. The van der Waals surface area contributed by atoms with Crippen LogP contribution in [0, 0.1) is 0 Å². The van der Waals surface area contributed by atoms with E-state index in [0.29, 0.717) is 0 Å². The molecule has 17 heavy (non-hydrogen) atoms. The second-order valence-electron chi connectivity index (χ2n) is 2.88. The van der Waals surface area contributed by atoms with Crippen molar-refractivity contribution < 1.29 is 27.4 Å². The number of ether oxygens (including phenoxy) is 2. The van der Waals surface area contributed by atoms with E-state index in [2.05, 4.69) is 9.47 Å². The number of alkyl halides is 3. The third kappa shape index (κ3) is 3.16. The van der Waals surface area contributed by atoms with Gasteiger partial charge >= 0.3 is 12.3 Å². The number of hydrogen-bond acceptors (Lipinski definition) is 4. The summed E-state index contributed by atoms with van der Waals surface area (Å²) in [6, 6.07) is 2.27. The van der Waals surface area contributed by atoms with Gasteiger partial charge in [0.2, 0.25) is 0 Å². The van der Waals surface area contributed by atoms with Gasteiger partial charge in [-0.1, -0.05) is 11.6 Å². The lowest BCUT2D eigenvalue weighted by atomic mass is 10.1. The summed E-state index contributed by atoms with van der Waals surface area (Å²) in [5.41, 5.74) is 4.60. The van der Waals surface area contributed by atoms with Crippen LogP contribution in [-0.2, 0) is 4.74 Å². The van der Waals surface area contributed by atoms with Gasteiger partial charge in [-0.15, -0.1) is 13.2 Å². The lowest BCUT2D eigenvalue weighted by molar-refractivity contribution is -0.274. The fraction of sp³-hybridized carbons (Fsp3) is 0.222. The van der Waals surface area contributed by atoms with E-state index in [1.54, 1.807) is 0 Å². The Labute approximate surface area is 99.1 Å². The highest BCUT2D eigenvalue weighted by Crippen LogP contribution is 2.36. The molecule has 0 unspecified atom stereocenters. The Hall–Kier alpha value is -1.63. The van der Waals surface area contributed by atoms with Gasteiger partial charge in [0.15, 0.2) is 5.75 Å². The van der Waals surface area contributed by atoms with Crippen LogP contribution >= 0.6 is 11.6 Å². The van der Waals surface area contributed by atoms with Gasteiger partial charge in [-0.2, -0.15) is 0 Å². The molecule has 0 aliphatic rings. The van der Waals surface area contributed by atoms with E-state index in [-0.39, 0.29) is 5.69 Å². The molecule has 0 saturated heterocycles. The zero-order chi connectivity index (χ0) is 13.2. The summed E-state index contributed by atoms with van der Waals surface area (Å²) in [5.74, 6) is -1.93. The number of anilines is 1. The zero-order valence-electron chi connectivity index (χ0n) is 8.47. The molecule has 1 aromatic carbocycles. The topological polar surface area (TPSA) is 61.5 Å². The Balaban J connectivity index is 3.35. The number of esters is 1. The Morgan fingerprint density at radius 2 is 2.00 bits per heavy atom. The summed E-state index contributed by atoms with van der Waals surface area (Å²) in [7, 11) is 1.00. The number of carbonyl (C=O) groups is 1. The largest absolute Gasteiger partial charge is 0.573 e. The molecule has 0 aromatic heterocycles. The van der Waals surface area contributed by atoms with E-state index in [1.807, 2.05) is 0 Å². The van der Waals surface area contributed by atoms with E-state index in [9.17, 15) is 18.0 Å². The molecule has 0 spiro atoms. The van der Waals surface area contributed by atoms with Crippen LogP contribution in [0.5, 0.6) is 5.75 Å². The maximum Gasteiger partial charge on any atom is 0.573 e. The van der Waals surface area contributed by atoms with Gasteiger partial charge in [-0.3, -0.25) is 0 Å². The smallest absolute Gasteiger partial charge is 0.465 e. The van der Waals surface area contributed by atoms with E-state index in [0.717, 1.165) is 13.2 Å².